The summed E-state index contributed by atoms with van der Waals surface area (Å²) >= 11 is 0. The highest BCUT2D eigenvalue weighted by Crippen LogP contribution is 2.47. The number of rotatable bonds is 4. The standard InChI is InChI=1S/C24H28FN3O4S/c1-4-33(31,32)28-7-5-24(6-8-28)11-19(29)22(20(30)12-24)21-15(2)9-17(10-16(21)3)23-26-13-18(25)14-27-23/h9-10,13-14,22H,4-8,11-12H2,1-3H3. The number of halogens is 1. The van der Waals surface area contributed by atoms with Crippen LogP contribution in [0.5, 0.6) is 0 Å². The van der Waals surface area contributed by atoms with Crippen molar-refractivity contribution in [1.82, 2.24) is 14.3 Å². The van der Waals surface area contributed by atoms with Crippen LogP contribution in [0.1, 0.15) is 55.2 Å². The van der Waals surface area contributed by atoms with Gasteiger partial charge in [0, 0.05) is 31.5 Å². The van der Waals surface area contributed by atoms with Crippen LogP contribution < -0.4 is 0 Å². The normalized spacial score (nSPS) is 19.9. The van der Waals surface area contributed by atoms with Crippen molar-refractivity contribution in [2.75, 3.05) is 18.8 Å². The van der Waals surface area contributed by atoms with E-state index >= 15 is 0 Å². The number of carbonyl (C=O) groups excluding carboxylic acids is 2. The van der Waals surface area contributed by atoms with Crippen molar-refractivity contribution in [3.63, 3.8) is 0 Å². The second kappa shape index (κ2) is 8.68. The third-order valence-corrected chi connectivity index (χ3v) is 8.93. The number of carbonyl (C=O) groups is 2. The van der Waals surface area contributed by atoms with E-state index in [-0.39, 0.29) is 30.2 Å². The van der Waals surface area contributed by atoms with Gasteiger partial charge in [0.15, 0.2) is 11.6 Å². The molecule has 1 aromatic carbocycles. The van der Waals surface area contributed by atoms with Gasteiger partial charge in [0.2, 0.25) is 10.0 Å². The highest BCUT2D eigenvalue weighted by atomic mass is 32.2. The number of benzene rings is 1. The minimum Gasteiger partial charge on any atom is -0.299 e. The maximum atomic E-state index is 13.3. The monoisotopic (exact) mass is 473 g/mol. The molecule has 2 aliphatic rings. The zero-order valence-electron chi connectivity index (χ0n) is 19.1. The molecule has 0 atom stereocenters. The number of ketones is 2. The SMILES string of the molecule is CCS(=O)(=O)N1CCC2(CC1)CC(=O)C(c1c(C)cc(-c3ncc(F)cn3)cc1C)C(=O)C2. The van der Waals surface area contributed by atoms with Crippen LogP contribution in [-0.4, -0.2) is 53.1 Å². The number of piperidine rings is 1. The molecule has 1 aromatic heterocycles. The smallest absolute Gasteiger partial charge is 0.213 e. The van der Waals surface area contributed by atoms with Crippen LogP contribution in [0.3, 0.4) is 0 Å². The Morgan fingerprint density at radius 2 is 1.55 bits per heavy atom. The summed E-state index contributed by atoms with van der Waals surface area (Å²) in [6, 6.07) is 3.66. The Morgan fingerprint density at radius 1 is 1.03 bits per heavy atom. The minimum absolute atomic E-state index is 0.0530. The van der Waals surface area contributed by atoms with Crippen molar-refractivity contribution >= 4 is 21.6 Å². The second-order valence-corrected chi connectivity index (χ2v) is 11.5. The van der Waals surface area contributed by atoms with Crippen LogP contribution >= 0.6 is 0 Å². The maximum Gasteiger partial charge on any atom is 0.213 e. The molecule has 0 amide bonds. The van der Waals surface area contributed by atoms with Crippen molar-refractivity contribution in [2.24, 2.45) is 5.41 Å². The van der Waals surface area contributed by atoms with Gasteiger partial charge >= 0.3 is 0 Å². The van der Waals surface area contributed by atoms with Crippen molar-refractivity contribution in [3.05, 3.63) is 47.0 Å². The first-order valence-electron chi connectivity index (χ1n) is 11.2. The molecule has 9 heteroatoms. The minimum atomic E-state index is -3.27. The van der Waals surface area contributed by atoms with Gasteiger partial charge in [-0.2, -0.15) is 0 Å². The van der Waals surface area contributed by atoms with Gasteiger partial charge in [-0.3, -0.25) is 9.59 Å². The van der Waals surface area contributed by atoms with Gasteiger partial charge in [-0.15, -0.1) is 0 Å². The lowest BCUT2D eigenvalue weighted by Crippen LogP contribution is -2.48. The molecule has 1 saturated heterocycles. The number of Topliss-reactive ketones (excluding diaryl/α,β-unsaturated/α-hetero) is 2. The van der Waals surface area contributed by atoms with E-state index in [1.54, 1.807) is 6.92 Å². The van der Waals surface area contributed by atoms with Crippen LogP contribution in [0.15, 0.2) is 24.5 Å². The van der Waals surface area contributed by atoms with E-state index < -0.39 is 27.2 Å². The topological polar surface area (TPSA) is 97.3 Å². The molecule has 1 aliphatic heterocycles. The van der Waals surface area contributed by atoms with Crippen molar-refractivity contribution in [3.8, 4) is 11.4 Å². The molecule has 2 aromatic rings. The van der Waals surface area contributed by atoms with E-state index in [1.165, 1.54) is 4.31 Å². The van der Waals surface area contributed by atoms with E-state index in [1.807, 2.05) is 26.0 Å². The molecule has 2 heterocycles. The predicted molar refractivity (Wildman–Crippen MR) is 122 cm³/mol. The average Bonchev–Trinajstić information content (AvgIpc) is 2.76. The lowest BCUT2D eigenvalue weighted by atomic mass is 9.63. The predicted octanol–water partition coefficient (Wildman–Crippen LogP) is 3.35. The average molecular weight is 474 g/mol. The second-order valence-electron chi connectivity index (χ2n) is 9.27. The maximum absolute atomic E-state index is 13.3. The van der Waals surface area contributed by atoms with E-state index in [2.05, 4.69) is 9.97 Å². The van der Waals surface area contributed by atoms with Gasteiger partial charge in [-0.1, -0.05) is 0 Å². The molecule has 7 nitrogen and oxygen atoms in total. The van der Waals surface area contributed by atoms with Crippen LogP contribution in [0.2, 0.25) is 0 Å². The zero-order chi connectivity index (χ0) is 24.0. The molecule has 2 fully saturated rings. The molecule has 1 aliphatic carbocycles. The van der Waals surface area contributed by atoms with Crippen molar-refractivity contribution < 1.29 is 22.4 Å². The van der Waals surface area contributed by atoms with E-state index in [9.17, 15) is 22.4 Å². The summed E-state index contributed by atoms with van der Waals surface area (Å²) < 4.78 is 39.0. The summed E-state index contributed by atoms with van der Waals surface area (Å²) in [5.41, 5.74) is 2.56. The fourth-order valence-corrected chi connectivity index (χ4v) is 6.41. The number of hydrogen-bond acceptors (Lipinski definition) is 6. The molecule has 1 spiro atoms. The van der Waals surface area contributed by atoms with Crippen LogP contribution in [0, 0.1) is 25.1 Å². The van der Waals surface area contributed by atoms with Crippen molar-refractivity contribution in [1.29, 1.82) is 0 Å². The molecule has 0 unspecified atom stereocenters. The third-order valence-electron chi connectivity index (χ3n) is 7.04. The van der Waals surface area contributed by atoms with E-state index in [4.69, 9.17) is 0 Å². The summed E-state index contributed by atoms with van der Waals surface area (Å²) in [6.45, 7) is 6.04. The fourth-order valence-electron chi connectivity index (χ4n) is 5.30. The molecule has 0 radical (unpaired) electrons. The number of nitrogens with zero attached hydrogens (tertiary/aromatic N) is 3. The molecule has 0 N–H and O–H groups in total. The lowest BCUT2D eigenvalue weighted by Gasteiger charge is -2.44. The summed E-state index contributed by atoms with van der Waals surface area (Å²) in [5, 5.41) is 0. The number of sulfonamides is 1. The van der Waals surface area contributed by atoms with Gasteiger partial charge in [0.25, 0.3) is 0 Å². The molecule has 0 bridgehead atoms. The Labute approximate surface area is 193 Å². The Morgan fingerprint density at radius 3 is 2.03 bits per heavy atom. The number of aryl methyl sites for hydroxylation is 2. The summed E-state index contributed by atoms with van der Waals surface area (Å²) in [5.74, 6) is -1.10. The highest BCUT2D eigenvalue weighted by Gasteiger charge is 2.48. The van der Waals surface area contributed by atoms with Gasteiger partial charge < -0.3 is 0 Å². The van der Waals surface area contributed by atoms with Gasteiger partial charge in [0.1, 0.15) is 17.5 Å². The quantitative estimate of drug-likeness (QED) is 0.632. The Balaban J connectivity index is 1.56. The Kier molecular flexibility index (Phi) is 6.22. The van der Waals surface area contributed by atoms with E-state index in [0.29, 0.717) is 37.3 Å². The molecule has 1 saturated carbocycles. The molecular formula is C24H28FN3O4S. The van der Waals surface area contributed by atoms with Crippen molar-refractivity contribution in [2.45, 2.75) is 52.4 Å². The lowest BCUT2D eigenvalue weighted by molar-refractivity contribution is -0.138. The van der Waals surface area contributed by atoms with Gasteiger partial charge in [-0.25, -0.2) is 27.1 Å². The summed E-state index contributed by atoms with van der Waals surface area (Å²) in [6.07, 6.45) is 3.82. The van der Waals surface area contributed by atoms with Gasteiger partial charge in [-0.05, 0) is 67.9 Å². The molecule has 4 rings (SSSR count). The Bertz CT molecular complexity index is 1160. The molecular weight excluding hydrogens is 445 g/mol. The number of aromatic nitrogens is 2. The third kappa shape index (κ3) is 4.48. The Hall–Kier alpha value is -2.52. The highest BCUT2D eigenvalue weighted by molar-refractivity contribution is 7.89. The first-order chi connectivity index (χ1) is 15.5. The largest absolute Gasteiger partial charge is 0.299 e. The summed E-state index contributed by atoms with van der Waals surface area (Å²) in [7, 11) is -3.27. The summed E-state index contributed by atoms with van der Waals surface area (Å²) in [4.78, 5) is 34.6. The fraction of sp³-hybridized carbons (Fsp3) is 0.500. The first-order valence-corrected chi connectivity index (χ1v) is 12.8. The van der Waals surface area contributed by atoms with Gasteiger partial charge in [0.05, 0.1) is 18.1 Å². The van der Waals surface area contributed by atoms with Crippen LogP contribution in [0.25, 0.3) is 11.4 Å². The van der Waals surface area contributed by atoms with Crippen LogP contribution in [0.4, 0.5) is 4.39 Å². The number of hydrogen-bond donors (Lipinski definition) is 0. The van der Waals surface area contributed by atoms with E-state index in [0.717, 1.165) is 29.1 Å². The molecule has 176 valence electrons. The molecule has 33 heavy (non-hydrogen) atoms. The first kappa shape index (κ1) is 23.6. The van der Waals surface area contributed by atoms with Crippen LogP contribution in [-0.2, 0) is 19.6 Å². The zero-order valence-corrected chi connectivity index (χ0v) is 19.9.